The van der Waals surface area contributed by atoms with Gasteiger partial charge in [0.1, 0.15) is 11.8 Å². The van der Waals surface area contributed by atoms with E-state index >= 15 is 0 Å². The van der Waals surface area contributed by atoms with Gasteiger partial charge in [-0.25, -0.2) is 8.78 Å². The van der Waals surface area contributed by atoms with Crippen molar-refractivity contribution in [3.63, 3.8) is 0 Å². The van der Waals surface area contributed by atoms with E-state index in [2.05, 4.69) is 5.10 Å². The van der Waals surface area contributed by atoms with Gasteiger partial charge in [0.05, 0.1) is 5.54 Å². The fraction of sp³-hybridized carbons (Fsp3) is 0.714. The number of alkyl halides is 2. The first-order chi connectivity index (χ1) is 8.80. The molecule has 0 bridgehead atoms. The Morgan fingerprint density at radius 2 is 2.05 bits per heavy atom. The van der Waals surface area contributed by atoms with Gasteiger partial charge in [-0.15, -0.1) is 0 Å². The Morgan fingerprint density at radius 1 is 1.37 bits per heavy atom. The van der Waals surface area contributed by atoms with E-state index in [1.165, 1.54) is 0 Å². The van der Waals surface area contributed by atoms with E-state index in [0.29, 0.717) is 18.1 Å². The molecule has 0 saturated heterocycles. The quantitative estimate of drug-likeness (QED) is 0.878. The van der Waals surface area contributed by atoms with Crippen LogP contribution in [0.5, 0.6) is 0 Å². The summed E-state index contributed by atoms with van der Waals surface area (Å²) in [6.45, 7) is 5.76. The predicted octanol–water partition coefficient (Wildman–Crippen LogP) is 4.14. The summed E-state index contributed by atoms with van der Waals surface area (Å²) < 4.78 is 27.9. The maximum Gasteiger partial charge on any atom is 0.282 e. The third-order valence-corrected chi connectivity index (χ3v) is 3.62. The van der Waals surface area contributed by atoms with Gasteiger partial charge < -0.3 is 5.11 Å². The maximum absolute atomic E-state index is 13.1. The van der Waals surface area contributed by atoms with Gasteiger partial charge in [0.2, 0.25) is 0 Å². The van der Waals surface area contributed by atoms with Crippen LogP contribution in [0.25, 0.3) is 0 Å². The minimum Gasteiger partial charge on any atom is -0.386 e. The van der Waals surface area contributed by atoms with Gasteiger partial charge in [-0.1, -0.05) is 12.8 Å². The minimum absolute atomic E-state index is 0.187. The molecule has 0 amide bonds. The Kier molecular flexibility index (Phi) is 3.95. The lowest BCUT2D eigenvalue weighted by Gasteiger charge is -2.26. The van der Waals surface area contributed by atoms with Gasteiger partial charge in [-0.3, -0.25) is 4.68 Å². The second-order valence-corrected chi connectivity index (χ2v) is 6.18. The first-order valence-corrected chi connectivity index (χ1v) is 6.73. The molecular weight excluding hydrogens is 250 g/mol. The van der Waals surface area contributed by atoms with Crippen molar-refractivity contribution >= 4 is 0 Å². The minimum atomic E-state index is -2.60. The van der Waals surface area contributed by atoms with Crippen LogP contribution in [0.1, 0.15) is 70.1 Å². The molecule has 1 aliphatic rings. The molecule has 19 heavy (non-hydrogen) atoms. The lowest BCUT2D eigenvalue weighted by atomic mass is 9.82. The number of rotatable bonds is 2. The van der Waals surface area contributed by atoms with Gasteiger partial charge in [0.25, 0.3) is 6.43 Å². The summed E-state index contributed by atoms with van der Waals surface area (Å²) in [7, 11) is 0. The lowest BCUT2D eigenvalue weighted by molar-refractivity contribution is 0.140. The van der Waals surface area contributed by atoms with Crippen LogP contribution in [-0.4, -0.2) is 14.9 Å². The highest BCUT2D eigenvalue weighted by atomic mass is 19.3. The van der Waals surface area contributed by atoms with Crippen molar-refractivity contribution in [2.75, 3.05) is 0 Å². The molecule has 0 aromatic carbocycles. The molecule has 0 spiro atoms. The number of aliphatic hydroxyl groups is 1. The molecule has 1 atom stereocenters. The molecule has 1 fully saturated rings. The average molecular weight is 271 g/mol. The summed E-state index contributed by atoms with van der Waals surface area (Å²) in [6.07, 6.45) is 2.61. The van der Waals surface area contributed by atoms with E-state index in [-0.39, 0.29) is 17.2 Å². The Labute approximate surface area is 112 Å². The number of nitrogens with zero attached hydrogens (tertiary/aromatic N) is 2. The summed E-state index contributed by atoms with van der Waals surface area (Å²) in [6, 6.07) is 0. The highest BCUT2D eigenvalue weighted by Gasteiger charge is 2.33. The zero-order valence-corrected chi connectivity index (χ0v) is 11.7. The normalized spacial score (nSPS) is 22.2. The molecular formula is C14H21F2N2O. The van der Waals surface area contributed by atoms with Crippen molar-refractivity contribution in [3.05, 3.63) is 23.6 Å². The number of halogens is 2. The predicted molar refractivity (Wildman–Crippen MR) is 68.6 cm³/mol. The Balaban J connectivity index is 2.40. The zero-order chi connectivity index (χ0) is 14.2. The van der Waals surface area contributed by atoms with Crippen LogP contribution in [0, 0.1) is 6.10 Å². The Bertz CT molecular complexity index is 437. The average Bonchev–Trinajstić information content (AvgIpc) is 2.74. The number of aromatic nitrogens is 2. The molecule has 2 rings (SSSR count). The molecule has 1 saturated carbocycles. The highest BCUT2D eigenvalue weighted by molar-refractivity contribution is 5.28. The lowest BCUT2D eigenvalue weighted by Crippen LogP contribution is -2.22. The molecule has 1 heterocycles. The number of hydrogen-bond donors (Lipinski definition) is 1. The van der Waals surface area contributed by atoms with Crippen molar-refractivity contribution < 1.29 is 13.9 Å². The van der Waals surface area contributed by atoms with Crippen molar-refractivity contribution in [1.82, 2.24) is 9.78 Å². The van der Waals surface area contributed by atoms with Crippen LogP contribution >= 0.6 is 0 Å². The molecule has 1 aliphatic carbocycles. The van der Waals surface area contributed by atoms with Crippen molar-refractivity contribution in [3.8, 4) is 0 Å². The number of hydrogen-bond acceptors (Lipinski definition) is 2. The molecule has 1 aromatic heterocycles. The molecule has 1 N–H and O–H groups in total. The van der Waals surface area contributed by atoms with Gasteiger partial charge in [0, 0.05) is 17.7 Å². The van der Waals surface area contributed by atoms with Crippen molar-refractivity contribution in [2.24, 2.45) is 0 Å². The summed E-state index contributed by atoms with van der Waals surface area (Å²) in [4.78, 5) is 0. The van der Waals surface area contributed by atoms with E-state index in [1.807, 2.05) is 20.8 Å². The van der Waals surface area contributed by atoms with E-state index in [4.69, 9.17) is 0 Å². The molecule has 1 radical (unpaired) electrons. The van der Waals surface area contributed by atoms with Crippen molar-refractivity contribution in [2.45, 2.75) is 64.3 Å². The van der Waals surface area contributed by atoms with Crippen LogP contribution < -0.4 is 0 Å². The monoisotopic (exact) mass is 271 g/mol. The fourth-order valence-electron chi connectivity index (χ4n) is 2.51. The van der Waals surface area contributed by atoms with Gasteiger partial charge in [0.15, 0.2) is 0 Å². The maximum atomic E-state index is 13.1. The van der Waals surface area contributed by atoms with E-state index in [1.54, 1.807) is 10.9 Å². The number of aliphatic hydroxyl groups excluding tert-OH is 1. The Hall–Kier alpha value is -0.970. The first kappa shape index (κ1) is 14.4. The van der Waals surface area contributed by atoms with Crippen LogP contribution in [0.2, 0.25) is 0 Å². The van der Waals surface area contributed by atoms with Crippen LogP contribution in [0.4, 0.5) is 8.78 Å². The third-order valence-electron chi connectivity index (χ3n) is 3.62. The van der Waals surface area contributed by atoms with Gasteiger partial charge in [-0.2, -0.15) is 5.10 Å². The third kappa shape index (κ3) is 2.96. The molecule has 0 unspecified atom stereocenters. The van der Waals surface area contributed by atoms with Crippen molar-refractivity contribution in [1.29, 1.82) is 0 Å². The topological polar surface area (TPSA) is 38.0 Å². The second-order valence-electron chi connectivity index (χ2n) is 6.18. The molecule has 3 nitrogen and oxygen atoms in total. The van der Waals surface area contributed by atoms with Gasteiger partial charge >= 0.3 is 0 Å². The van der Waals surface area contributed by atoms with E-state index < -0.39 is 6.43 Å². The van der Waals surface area contributed by atoms with Gasteiger partial charge in [-0.05, 0) is 33.6 Å². The summed E-state index contributed by atoms with van der Waals surface area (Å²) in [5.41, 5.74) is -0.0397. The highest BCUT2D eigenvalue weighted by Crippen LogP contribution is 2.41. The SMILES string of the molecule is CC(C)(C)n1cc([C@H]2CCCC[C]2O)c(C(F)F)n1. The van der Waals surface area contributed by atoms with E-state index in [9.17, 15) is 13.9 Å². The summed E-state index contributed by atoms with van der Waals surface area (Å²) >= 11 is 0. The molecule has 0 aliphatic heterocycles. The summed E-state index contributed by atoms with van der Waals surface area (Å²) in [5.74, 6) is -0.283. The van der Waals surface area contributed by atoms with Crippen LogP contribution in [-0.2, 0) is 5.54 Å². The zero-order valence-electron chi connectivity index (χ0n) is 11.7. The van der Waals surface area contributed by atoms with Crippen LogP contribution in [0.15, 0.2) is 6.20 Å². The van der Waals surface area contributed by atoms with Crippen LogP contribution in [0.3, 0.4) is 0 Å². The largest absolute Gasteiger partial charge is 0.386 e. The van der Waals surface area contributed by atoms with E-state index in [0.717, 1.165) is 19.3 Å². The molecule has 5 heteroatoms. The summed E-state index contributed by atoms with van der Waals surface area (Å²) in [5, 5.41) is 14.0. The smallest absolute Gasteiger partial charge is 0.282 e. The fourth-order valence-corrected chi connectivity index (χ4v) is 2.51. The molecule has 1 aromatic rings. The standard InChI is InChI=1S/C14H21F2N2O/c1-14(2,3)18-8-10(12(17-18)13(15)16)9-6-4-5-7-11(9)19/h8-9,13,19H,4-7H2,1-3H3/t9-/m1/s1. The molecule has 107 valence electrons. The Morgan fingerprint density at radius 3 is 2.58 bits per heavy atom. The second kappa shape index (κ2) is 5.19. The first-order valence-electron chi connectivity index (χ1n) is 6.73.